The fraction of sp³-hybridized carbons (Fsp3) is 0.985. The number of nitrogens with zero attached hydrogens (tertiary/aromatic N) is 1. The third kappa shape index (κ3) is 720. The van der Waals surface area contributed by atoms with E-state index in [1.165, 1.54) is 47.6 Å². The number of Topliss-reactive ketones (excluding diaryl/α,β-unsaturated/α-hetero) is 1. The normalized spacial score (nSPS) is 8.33. The second-order valence-electron chi connectivity index (χ2n) is 19.8. The third-order valence-corrected chi connectivity index (χ3v) is 6.36. The third-order valence-electron chi connectivity index (χ3n) is 3.06. The highest BCUT2D eigenvalue weighted by atomic mass is 32.2. The van der Waals surface area contributed by atoms with E-state index in [1.807, 2.05) is 51.6 Å². The maximum Gasteiger partial charge on any atom is 0.402 e. The van der Waals surface area contributed by atoms with Crippen LogP contribution in [0.4, 0.5) is 26.3 Å². The van der Waals surface area contributed by atoms with Gasteiger partial charge in [0.15, 0.2) is 5.41 Å². The second-order valence-corrected chi connectivity index (χ2v) is 34.1. The number of sulfone groups is 1. The van der Waals surface area contributed by atoms with E-state index in [0.717, 1.165) is 12.5 Å². The quantitative estimate of drug-likeness (QED) is 0.149. The Balaban J connectivity index is -0.0000000114. The van der Waals surface area contributed by atoms with Gasteiger partial charge in [0.2, 0.25) is 0 Å². The van der Waals surface area contributed by atoms with Crippen LogP contribution in [0, 0.1) is 16.2 Å². The van der Waals surface area contributed by atoms with E-state index in [-0.39, 0.29) is 168 Å². The number of ether oxygens (including phenoxy) is 1. The van der Waals surface area contributed by atoms with Crippen LogP contribution in [-0.2, 0) is 57.2 Å². The molecule has 89 heavy (non-hydrogen) atoms. The van der Waals surface area contributed by atoms with Crippen molar-refractivity contribution in [3.05, 3.63) is 0 Å². The zero-order valence-corrected chi connectivity index (χ0v) is 56.5. The lowest BCUT2D eigenvalue weighted by Gasteiger charge is -2.29. The van der Waals surface area contributed by atoms with Crippen molar-refractivity contribution >= 4 is 61.5 Å². The van der Waals surface area contributed by atoms with Gasteiger partial charge in [0.05, 0.1) is 7.14 Å². The van der Waals surface area contributed by atoms with E-state index in [9.17, 15) is 52.9 Å². The number of hydrogen-bond donors (Lipinski definition) is 0. The number of thioether (sulfide) groups is 1. The van der Waals surface area contributed by atoms with Crippen LogP contribution in [0.25, 0.3) is 0 Å². The van der Waals surface area contributed by atoms with Crippen LogP contribution >= 0.6 is 26.5 Å². The lowest BCUT2D eigenvalue weighted by atomic mass is 9.92. The number of carbonyl (C=O) groups is 1. The summed E-state index contributed by atoms with van der Waals surface area (Å²) >= 11 is 1.75. The zero-order chi connectivity index (χ0) is 60.9. The first-order valence-corrected chi connectivity index (χ1v) is 35.1. The number of ketones is 1. The molecule has 0 saturated carbocycles. The molecule has 0 atom stereocenters. The molecule has 0 aromatic rings. The van der Waals surface area contributed by atoms with Crippen LogP contribution in [0.1, 0.15) is 272 Å². The maximum absolute atomic E-state index is 11.6. The molecule has 0 bridgehead atoms. The fourth-order valence-corrected chi connectivity index (χ4v) is 0.634. The number of rotatable bonds is 4. The summed E-state index contributed by atoms with van der Waals surface area (Å²) in [4.78, 5) is 11.4. The molecule has 0 saturated heterocycles. The Bertz CT molecular complexity index is 1160. The van der Waals surface area contributed by atoms with E-state index in [4.69, 9.17) is 8.85 Å². The monoisotopic (exact) mass is 1470 g/mol. The number of halogens is 6. The molecule has 0 aromatic heterocycles. The molecule has 0 amide bonds. The smallest absolute Gasteiger partial charge is 0.398 e. The fourth-order valence-electron chi connectivity index (χ4n) is 0.319. The predicted molar refractivity (Wildman–Crippen MR) is 436 cm³/mol. The second kappa shape index (κ2) is 132. The Morgan fingerprint density at radius 1 is 0.494 bits per heavy atom. The molecule has 0 spiro atoms. The molecule has 0 aliphatic carbocycles. The van der Waals surface area contributed by atoms with Crippen LogP contribution in [0.5, 0.6) is 0 Å². The molecule has 0 aliphatic rings. The van der Waals surface area contributed by atoms with Gasteiger partial charge < -0.3 is 36.9 Å². The van der Waals surface area contributed by atoms with Gasteiger partial charge in [-0.2, -0.15) is 38.1 Å². The van der Waals surface area contributed by atoms with E-state index in [2.05, 4.69) is 96.9 Å². The summed E-state index contributed by atoms with van der Waals surface area (Å²) in [7, 11) is 6.08. The summed E-state index contributed by atoms with van der Waals surface area (Å²) in [5.41, 5.74) is -2.62. The average molecular weight is 1470 g/mol. The minimum absolute atomic E-state index is 0. The summed E-state index contributed by atoms with van der Waals surface area (Å²) in [6, 6.07) is 0. The maximum atomic E-state index is 11.6. The van der Waals surface area contributed by atoms with Crippen molar-refractivity contribution in [1.29, 1.82) is 0 Å². The molecule has 0 aliphatic heterocycles. The molecule has 0 aromatic carbocycles. The van der Waals surface area contributed by atoms with Gasteiger partial charge in [-0.1, -0.05) is 244 Å². The Morgan fingerprint density at radius 2 is 0.562 bits per heavy atom. The van der Waals surface area contributed by atoms with Crippen molar-refractivity contribution in [2.24, 2.45) is 16.2 Å². The summed E-state index contributed by atoms with van der Waals surface area (Å²) in [5, 5.41) is 0. The van der Waals surface area contributed by atoms with E-state index < -0.39 is 61.7 Å². The van der Waals surface area contributed by atoms with E-state index in [1.54, 1.807) is 72.7 Å². The van der Waals surface area contributed by atoms with Gasteiger partial charge in [-0.3, -0.25) is 8.77 Å². The Kier molecular flexibility index (Phi) is 338. The molecule has 0 heterocycles. The van der Waals surface area contributed by atoms with E-state index in [0.29, 0.717) is 10.8 Å². The topological polar surface area (TPSA) is 152 Å². The van der Waals surface area contributed by atoms with Gasteiger partial charge in [0, 0.05) is 85.1 Å². The van der Waals surface area contributed by atoms with Crippen molar-refractivity contribution < 1.29 is 75.5 Å². The van der Waals surface area contributed by atoms with Crippen LogP contribution in [0.2, 0.25) is 13.1 Å². The Hall–Kier alpha value is 0.137. The number of methoxy groups -OCH3 is 1. The van der Waals surface area contributed by atoms with Crippen molar-refractivity contribution in [2.75, 3.05) is 128 Å². The Labute approximate surface area is 580 Å². The summed E-state index contributed by atoms with van der Waals surface area (Å²) in [6.07, 6.45) is 1.69. The van der Waals surface area contributed by atoms with Crippen molar-refractivity contribution in [2.45, 2.75) is 298 Å². The molecule has 24 heteroatoms. The first-order chi connectivity index (χ1) is 29.6. The van der Waals surface area contributed by atoms with Crippen LogP contribution in [-0.4, -0.2) is 172 Å². The summed E-state index contributed by atoms with van der Waals surface area (Å²) in [6.45, 7) is 39.9. The standard InChI is InChI=1S/C5H6F6.2C5H12.C4H12O2Si.C3H9N.C3H9O3P.C3H9OP.C3H6O.2C3H8.C2H6O2S.C2H6OS.C2H6O.C2H6S.20CH4/c1-3(2,4(6,7)8)5(9,10)11;2*1-5(2,3)4;1-5-7(3,4)6-2;1-4(2)3;1-5-7(3,4)6-2;1-5(2,3)4;1-3(2)4;2*1-3-2;1-5(2,3)4;1-4(2)3;2*1-3-2;;;;;;;;;;;;;;;;;;;;/h1-2H3;2*1-4H3;1-4H3;1-3H3;1-3H3;1-3H3;1-2H3;2*3H2,1-2H3;1-2H3;1-2H3;2*1-2H3;20*1H4. The molecular weight excluding hydrogens is 1270 g/mol. The predicted octanol–water partition coefficient (Wildman–Crippen LogP) is 27.8. The number of hydrogen-bond acceptors (Lipinski definition) is 13. The molecule has 600 valence electrons. The van der Waals surface area contributed by atoms with Gasteiger partial charge in [0.1, 0.15) is 15.6 Å². The van der Waals surface area contributed by atoms with Crippen molar-refractivity contribution in [3.8, 4) is 0 Å². The minimum atomic E-state index is -5.24. The molecule has 12 nitrogen and oxygen atoms in total. The number of alkyl halides is 6. The lowest BCUT2D eigenvalue weighted by molar-refractivity contribution is -0.327. The first-order valence-electron chi connectivity index (χ1n) is 21.3. The van der Waals surface area contributed by atoms with Crippen molar-refractivity contribution in [3.63, 3.8) is 0 Å². The largest absolute Gasteiger partial charge is 0.402 e. The molecular formula is C65H195F6NO11P2S3Si. The van der Waals surface area contributed by atoms with Gasteiger partial charge in [-0.05, 0) is 105 Å². The summed E-state index contributed by atoms with van der Waals surface area (Å²) in [5.74, 6) is 0.167. The lowest BCUT2D eigenvalue weighted by Crippen LogP contribution is -2.44. The highest BCUT2D eigenvalue weighted by Crippen LogP contribution is 2.49. The van der Waals surface area contributed by atoms with Gasteiger partial charge >= 0.3 is 28.5 Å². The average Bonchev–Trinajstić information content (AvgIpc) is 3.02. The van der Waals surface area contributed by atoms with Gasteiger partial charge in [0.25, 0.3) is 0 Å². The first kappa shape index (κ1) is 228. The Morgan fingerprint density at radius 3 is 0.562 bits per heavy atom. The van der Waals surface area contributed by atoms with Gasteiger partial charge in [-0.25, -0.2) is 8.42 Å². The van der Waals surface area contributed by atoms with Crippen LogP contribution < -0.4 is 0 Å². The molecule has 0 radical (unpaired) electrons. The van der Waals surface area contributed by atoms with Crippen LogP contribution in [0.15, 0.2) is 0 Å². The van der Waals surface area contributed by atoms with Crippen LogP contribution in [0.3, 0.4) is 0 Å². The summed E-state index contributed by atoms with van der Waals surface area (Å²) < 4.78 is 142. The molecule has 0 unspecified atom stereocenters. The van der Waals surface area contributed by atoms with E-state index >= 15 is 0 Å². The molecule has 0 N–H and O–H groups in total. The zero-order valence-electron chi connectivity index (χ0n) is 51.2. The van der Waals surface area contributed by atoms with Crippen molar-refractivity contribution in [1.82, 2.24) is 4.90 Å². The highest BCUT2D eigenvalue weighted by molar-refractivity contribution is 7.97. The van der Waals surface area contributed by atoms with Gasteiger partial charge in [-0.15, -0.1) is 0 Å². The molecule has 0 rings (SSSR count). The highest BCUT2D eigenvalue weighted by Gasteiger charge is 2.64. The molecule has 0 fully saturated rings. The number of carbonyl (C=O) groups excluding carboxylic acids is 1. The SMILES string of the molecule is C.C.C.C.C.C.C.C.C.C.C.C.C.C.C.C.C.C.C.C.CC(C)(C(F)(F)F)C(F)(F)F.CC(C)(C)C.CC(C)(C)C.CC(C)=O.CCC.CCC.CN(C)C.COC.COP(C)(=O)OC.CO[Si](C)(C)OC.CP(C)(C)=O.CS(C)(=O)=O.CS(C)=O.CSC. The minimum Gasteiger partial charge on any atom is -0.398 e.